The predicted molar refractivity (Wildman–Crippen MR) is 77.9 cm³/mol. The number of anilines is 1. The normalized spacial score (nSPS) is 17.4. The molecular weight excluding hydrogens is 252 g/mol. The second-order valence-electron chi connectivity index (χ2n) is 5.31. The van der Waals surface area contributed by atoms with Crippen molar-refractivity contribution in [1.29, 1.82) is 0 Å². The van der Waals surface area contributed by atoms with Gasteiger partial charge in [0.05, 0.1) is 12.2 Å². The van der Waals surface area contributed by atoms with E-state index in [1.54, 1.807) is 6.20 Å². The molecule has 0 aliphatic carbocycles. The lowest BCUT2D eigenvalue weighted by atomic mass is 9.96. The Morgan fingerprint density at radius 3 is 3.00 bits per heavy atom. The van der Waals surface area contributed by atoms with Gasteiger partial charge in [0.25, 0.3) is 5.91 Å². The fraction of sp³-hybridized carbons (Fsp3) is 0.333. The first-order valence-electron chi connectivity index (χ1n) is 6.76. The lowest BCUT2D eigenvalue weighted by Gasteiger charge is -2.27. The molecule has 2 aromatic rings. The molecule has 0 saturated carbocycles. The summed E-state index contributed by atoms with van der Waals surface area (Å²) >= 11 is 0. The van der Waals surface area contributed by atoms with Crippen LogP contribution in [0.1, 0.15) is 39.5 Å². The highest BCUT2D eigenvalue weighted by Crippen LogP contribution is 2.33. The predicted octanol–water partition coefficient (Wildman–Crippen LogP) is 2.00. The number of primary amides is 1. The summed E-state index contributed by atoms with van der Waals surface area (Å²) in [5.41, 5.74) is 9.57. The molecule has 1 aliphatic rings. The minimum absolute atomic E-state index is 0.152. The third-order valence-corrected chi connectivity index (χ3v) is 3.86. The molecule has 1 amide bonds. The zero-order chi connectivity index (χ0) is 14.3. The molecule has 5 nitrogen and oxygen atoms in total. The first-order valence-corrected chi connectivity index (χ1v) is 6.76. The van der Waals surface area contributed by atoms with Gasteiger partial charge in [-0.25, -0.2) is 4.68 Å². The van der Waals surface area contributed by atoms with E-state index in [4.69, 9.17) is 5.73 Å². The van der Waals surface area contributed by atoms with Crippen molar-refractivity contribution in [1.82, 2.24) is 9.78 Å². The summed E-state index contributed by atoms with van der Waals surface area (Å²) in [5, 5.41) is 7.59. The molecule has 3 N–H and O–H groups in total. The molecule has 0 bridgehead atoms. The van der Waals surface area contributed by atoms with Gasteiger partial charge in [-0.1, -0.05) is 23.8 Å². The van der Waals surface area contributed by atoms with Crippen LogP contribution in [-0.2, 0) is 0 Å². The SMILES string of the molecule is Cc1ccc(C)c(C2CCNc3c(C(N)=O)cnn32)c1. The summed E-state index contributed by atoms with van der Waals surface area (Å²) in [6.45, 7) is 5.00. The van der Waals surface area contributed by atoms with Crippen molar-refractivity contribution in [2.75, 3.05) is 11.9 Å². The number of nitrogens with two attached hydrogens (primary N) is 1. The van der Waals surface area contributed by atoms with Gasteiger partial charge in [-0.05, 0) is 31.4 Å². The van der Waals surface area contributed by atoms with Gasteiger partial charge in [-0.15, -0.1) is 0 Å². The number of aryl methyl sites for hydroxylation is 2. The lowest BCUT2D eigenvalue weighted by molar-refractivity contribution is 0.100. The summed E-state index contributed by atoms with van der Waals surface area (Å²) in [6.07, 6.45) is 2.49. The second-order valence-corrected chi connectivity index (χ2v) is 5.31. The van der Waals surface area contributed by atoms with Crippen LogP contribution in [0.3, 0.4) is 0 Å². The molecule has 0 fully saturated rings. The number of hydrogen-bond donors (Lipinski definition) is 2. The largest absolute Gasteiger partial charge is 0.369 e. The fourth-order valence-corrected chi connectivity index (χ4v) is 2.81. The molecule has 1 unspecified atom stereocenters. The Balaban J connectivity index is 2.10. The van der Waals surface area contributed by atoms with Crippen molar-refractivity contribution >= 4 is 11.7 Å². The zero-order valence-electron chi connectivity index (χ0n) is 11.7. The topological polar surface area (TPSA) is 72.9 Å². The van der Waals surface area contributed by atoms with Crippen LogP contribution in [-0.4, -0.2) is 22.2 Å². The highest BCUT2D eigenvalue weighted by Gasteiger charge is 2.26. The van der Waals surface area contributed by atoms with Crippen LogP contribution < -0.4 is 11.1 Å². The van der Waals surface area contributed by atoms with E-state index in [9.17, 15) is 4.79 Å². The molecule has 2 heterocycles. The standard InChI is InChI=1S/C15H18N4O/c1-9-3-4-10(2)11(7-9)13-5-6-17-15-12(14(16)20)8-18-19(13)15/h3-4,7-8,13,17H,5-6H2,1-2H3,(H2,16,20). The average molecular weight is 270 g/mol. The molecule has 5 heteroatoms. The maximum Gasteiger partial charge on any atom is 0.254 e. The highest BCUT2D eigenvalue weighted by atomic mass is 16.1. The Bertz CT molecular complexity index is 675. The highest BCUT2D eigenvalue weighted by molar-refractivity contribution is 5.97. The molecule has 1 aromatic carbocycles. The third kappa shape index (κ3) is 1.95. The van der Waals surface area contributed by atoms with E-state index in [0.717, 1.165) is 18.8 Å². The summed E-state index contributed by atoms with van der Waals surface area (Å²) in [4.78, 5) is 11.4. The van der Waals surface area contributed by atoms with Crippen molar-refractivity contribution < 1.29 is 4.79 Å². The summed E-state index contributed by atoms with van der Waals surface area (Å²) < 4.78 is 1.88. The van der Waals surface area contributed by atoms with Crippen LogP contribution in [0.5, 0.6) is 0 Å². The minimum atomic E-state index is -0.444. The molecular formula is C15H18N4O. The molecule has 20 heavy (non-hydrogen) atoms. The molecule has 0 spiro atoms. The molecule has 0 radical (unpaired) electrons. The number of carbonyl (C=O) groups excluding carboxylic acids is 1. The van der Waals surface area contributed by atoms with Crippen LogP contribution in [0.25, 0.3) is 0 Å². The summed E-state index contributed by atoms with van der Waals surface area (Å²) in [6, 6.07) is 6.59. The van der Waals surface area contributed by atoms with Gasteiger partial charge in [0.15, 0.2) is 0 Å². The lowest BCUT2D eigenvalue weighted by Crippen LogP contribution is -2.26. The van der Waals surface area contributed by atoms with Crippen LogP contribution in [0.2, 0.25) is 0 Å². The minimum Gasteiger partial charge on any atom is -0.369 e. The molecule has 1 aromatic heterocycles. The van der Waals surface area contributed by atoms with Gasteiger partial charge in [-0.2, -0.15) is 5.10 Å². The average Bonchev–Trinajstić information content (AvgIpc) is 2.85. The van der Waals surface area contributed by atoms with Crippen molar-refractivity contribution in [2.45, 2.75) is 26.3 Å². The Morgan fingerprint density at radius 1 is 1.45 bits per heavy atom. The van der Waals surface area contributed by atoms with Gasteiger partial charge >= 0.3 is 0 Å². The molecule has 104 valence electrons. The number of rotatable bonds is 2. The summed E-state index contributed by atoms with van der Waals surface area (Å²) in [5.74, 6) is 0.287. The van der Waals surface area contributed by atoms with Gasteiger partial charge in [0, 0.05) is 6.54 Å². The number of fused-ring (bicyclic) bond motifs is 1. The van der Waals surface area contributed by atoms with E-state index in [2.05, 4.69) is 42.5 Å². The Morgan fingerprint density at radius 2 is 2.25 bits per heavy atom. The van der Waals surface area contributed by atoms with Gasteiger partial charge in [0.1, 0.15) is 11.4 Å². The first-order chi connectivity index (χ1) is 9.58. The van der Waals surface area contributed by atoms with Crippen LogP contribution >= 0.6 is 0 Å². The van der Waals surface area contributed by atoms with E-state index >= 15 is 0 Å². The van der Waals surface area contributed by atoms with Gasteiger partial charge in [-0.3, -0.25) is 4.79 Å². The number of nitrogens with zero attached hydrogens (tertiary/aromatic N) is 2. The van der Waals surface area contributed by atoms with Gasteiger partial charge in [0.2, 0.25) is 0 Å². The maximum absolute atomic E-state index is 11.4. The maximum atomic E-state index is 11.4. The molecule has 1 aliphatic heterocycles. The number of nitrogens with one attached hydrogen (secondary N) is 1. The number of amides is 1. The van der Waals surface area contributed by atoms with E-state index < -0.39 is 5.91 Å². The monoisotopic (exact) mass is 270 g/mol. The molecule has 1 atom stereocenters. The van der Waals surface area contributed by atoms with E-state index in [1.807, 2.05) is 4.68 Å². The van der Waals surface area contributed by atoms with E-state index in [0.29, 0.717) is 5.56 Å². The fourth-order valence-electron chi connectivity index (χ4n) is 2.81. The zero-order valence-corrected chi connectivity index (χ0v) is 11.7. The summed E-state index contributed by atoms with van der Waals surface area (Å²) in [7, 11) is 0. The number of carbonyl (C=O) groups is 1. The molecule has 3 rings (SSSR count). The van der Waals surface area contributed by atoms with Crippen LogP contribution in [0.15, 0.2) is 24.4 Å². The van der Waals surface area contributed by atoms with Crippen molar-refractivity contribution in [3.8, 4) is 0 Å². The third-order valence-electron chi connectivity index (χ3n) is 3.86. The second kappa shape index (κ2) is 4.67. The number of hydrogen-bond acceptors (Lipinski definition) is 3. The Labute approximate surface area is 117 Å². The van der Waals surface area contributed by atoms with Crippen molar-refractivity contribution in [2.24, 2.45) is 5.73 Å². The Hall–Kier alpha value is -2.30. The van der Waals surface area contributed by atoms with E-state index in [-0.39, 0.29) is 6.04 Å². The smallest absolute Gasteiger partial charge is 0.254 e. The quantitative estimate of drug-likeness (QED) is 0.876. The van der Waals surface area contributed by atoms with Crippen molar-refractivity contribution in [3.63, 3.8) is 0 Å². The first kappa shape index (κ1) is 12.7. The van der Waals surface area contributed by atoms with E-state index in [1.165, 1.54) is 16.7 Å². The Kier molecular flexibility index (Phi) is 2.97. The number of benzene rings is 1. The molecule has 0 saturated heterocycles. The van der Waals surface area contributed by atoms with Crippen LogP contribution in [0.4, 0.5) is 5.82 Å². The van der Waals surface area contributed by atoms with Crippen molar-refractivity contribution in [3.05, 3.63) is 46.6 Å². The van der Waals surface area contributed by atoms with Gasteiger partial charge < -0.3 is 11.1 Å². The number of aromatic nitrogens is 2. The van der Waals surface area contributed by atoms with Crippen LogP contribution in [0, 0.1) is 13.8 Å².